The highest BCUT2D eigenvalue weighted by atomic mass is 19.3. The lowest BCUT2D eigenvalue weighted by molar-refractivity contribution is -0.137. The quantitative estimate of drug-likeness (QED) is 0.171. The topological polar surface area (TPSA) is 147 Å². The molecule has 0 bridgehead atoms. The van der Waals surface area contributed by atoms with Crippen LogP contribution in [0.25, 0.3) is 16.8 Å². The third-order valence-corrected chi connectivity index (χ3v) is 14.9. The molecule has 1 aliphatic carbocycles. The third-order valence-electron chi connectivity index (χ3n) is 14.9. The summed E-state index contributed by atoms with van der Waals surface area (Å²) in [6.07, 6.45) is 9.03. The maximum Gasteiger partial charge on any atom is 0.264 e. The Morgan fingerprint density at radius 1 is 0.908 bits per heavy atom. The average molecular weight is 888 g/mol. The number of nitrogens with zero attached hydrogens (tertiary/aromatic N) is 8. The summed E-state index contributed by atoms with van der Waals surface area (Å²) in [7, 11) is 3.10. The van der Waals surface area contributed by atoms with Crippen molar-refractivity contribution in [2.24, 2.45) is 5.41 Å². The minimum Gasteiger partial charge on any atom is -0.496 e. The molecule has 4 amide bonds. The van der Waals surface area contributed by atoms with Gasteiger partial charge in [-0.05, 0) is 85.9 Å². The number of methoxy groups -OCH3 is 2. The number of fused-ring (bicyclic) bond motifs is 4. The first-order valence-corrected chi connectivity index (χ1v) is 22.6. The molecule has 338 valence electrons. The summed E-state index contributed by atoms with van der Waals surface area (Å²) in [5.41, 5.74) is 7.71. The zero-order chi connectivity index (χ0) is 44.9. The standard InChI is InChI=1S/C48H51F2N9O6/c1-27(60)54-15-10-36-35(23-54)45(57-14-4-5-28-18-32(34(44(49)50)20-38(28)57)33-21-41-51-13-16-55(41)24-40(33)65-3)53-59(36)30-8-11-48(12-9-30)25-56(26-48)31-17-29-22-58(37-6-7-42(61)52-46(37)62)47(63)43(29)39(19-31)64-2/h13,16-21,24,30,37,44H,4-12,14-15,22-23,25-26H2,1-3H3,(H,52,61,62). The van der Waals surface area contributed by atoms with Crippen LogP contribution in [0.15, 0.2) is 48.9 Å². The van der Waals surface area contributed by atoms with Gasteiger partial charge in [-0.2, -0.15) is 5.10 Å². The summed E-state index contributed by atoms with van der Waals surface area (Å²) in [5.74, 6) is 0.683. The van der Waals surface area contributed by atoms with Crippen molar-refractivity contribution < 1.29 is 37.4 Å². The van der Waals surface area contributed by atoms with E-state index in [0.29, 0.717) is 66.3 Å². The number of pyridine rings is 1. The van der Waals surface area contributed by atoms with Crippen LogP contribution in [0.2, 0.25) is 0 Å². The fourth-order valence-electron chi connectivity index (χ4n) is 11.5. The van der Waals surface area contributed by atoms with Gasteiger partial charge in [-0.3, -0.25) is 29.2 Å². The van der Waals surface area contributed by atoms with Crippen LogP contribution in [-0.4, -0.2) is 99.0 Å². The Kier molecular flexibility index (Phi) is 9.88. The molecular formula is C48H51F2N9O6. The number of alkyl halides is 2. The largest absolute Gasteiger partial charge is 0.496 e. The number of imide groups is 1. The zero-order valence-corrected chi connectivity index (χ0v) is 36.7. The molecule has 5 aliphatic heterocycles. The van der Waals surface area contributed by atoms with E-state index in [1.54, 1.807) is 61.2 Å². The molecule has 17 heteroatoms. The third kappa shape index (κ3) is 6.79. The Balaban J connectivity index is 0.849. The minimum absolute atomic E-state index is 0.00482. The smallest absolute Gasteiger partial charge is 0.264 e. The van der Waals surface area contributed by atoms with Crippen LogP contribution < -0.4 is 24.6 Å². The SMILES string of the molecule is COc1cn2ccnc2cc1-c1cc2c(cc1C(F)F)N(c1nn(C3CCC4(CC3)CN(c3cc5c(c(OC)c3)C(=O)N(C3CCC(=O)NC3=O)C5)C4)c3c1CN(C(C)=O)CC3)CCC2. The summed E-state index contributed by atoms with van der Waals surface area (Å²) >= 11 is 0. The lowest BCUT2D eigenvalue weighted by atomic mass is 9.67. The number of anilines is 3. The predicted octanol–water partition coefficient (Wildman–Crippen LogP) is 6.52. The minimum atomic E-state index is -2.75. The Bertz CT molecular complexity index is 2800. The van der Waals surface area contributed by atoms with Crippen molar-refractivity contribution in [2.75, 3.05) is 50.2 Å². The van der Waals surface area contributed by atoms with Gasteiger partial charge in [0.25, 0.3) is 12.3 Å². The van der Waals surface area contributed by atoms with Crippen LogP contribution in [-0.2, 0) is 40.3 Å². The molecule has 2 aromatic carbocycles. The number of aryl methyl sites for hydroxylation is 1. The summed E-state index contributed by atoms with van der Waals surface area (Å²) in [4.78, 5) is 63.1. The van der Waals surface area contributed by atoms with Gasteiger partial charge in [-0.15, -0.1) is 0 Å². The number of hydrogen-bond acceptors (Lipinski definition) is 10. The normalized spacial score (nSPS) is 20.6. The van der Waals surface area contributed by atoms with Crippen LogP contribution in [0.4, 0.5) is 26.0 Å². The maximum absolute atomic E-state index is 15.2. The number of carbonyl (C=O) groups is 4. The Labute approximate surface area is 374 Å². The van der Waals surface area contributed by atoms with Gasteiger partial charge in [0.05, 0.1) is 38.6 Å². The van der Waals surface area contributed by atoms with Gasteiger partial charge in [0.1, 0.15) is 23.2 Å². The molecule has 3 aromatic heterocycles. The highest BCUT2D eigenvalue weighted by Gasteiger charge is 2.48. The molecule has 1 spiro atoms. The first-order valence-electron chi connectivity index (χ1n) is 22.6. The molecule has 5 aromatic rings. The second kappa shape index (κ2) is 15.6. The molecule has 1 N–H and O–H groups in total. The van der Waals surface area contributed by atoms with Gasteiger partial charge < -0.3 is 33.5 Å². The van der Waals surface area contributed by atoms with Gasteiger partial charge in [0, 0.05) is 110 Å². The molecule has 2 saturated heterocycles. The van der Waals surface area contributed by atoms with Crippen molar-refractivity contribution in [1.29, 1.82) is 0 Å². The van der Waals surface area contributed by atoms with Crippen molar-refractivity contribution in [2.45, 2.75) is 96.3 Å². The van der Waals surface area contributed by atoms with E-state index < -0.39 is 18.4 Å². The van der Waals surface area contributed by atoms with Gasteiger partial charge in [-0.25, -0.2) is 13.8 Å². The van der Waals surface area contributed by atoms with Crippen LogP contribution in [0, 0.1) is 5.41 Å². The number of carbonyl (C=O) groups excluding carboxylic acids is 4. The number of nitrogens with one attached hydrogen (secondary N) is 1. The summed E-state index contributed by atoms with van der Waals surface area (Å²) in [5, 5.41) is 7.77. The maximum atomic E-state index is 15.2. The summed E-state index contributed by atoms with van der Waals surface area (Å²) in [6, 6.07) is 8.74. The highest BCUT2D eigenvalue weighted by Crippen LogP contribution is 2.51. The van der Waals surface area contributed by atoms with E-state index in [1.165, 1.54) is 0 Å². The van der Waals surface area contributed by atoms with Gasteiger partial charge in [0.15, 0.2) is 5.82 Å². The highest BCUT2D eigenvalue weighted by molar-refractivity contribution is 6.07. The number of imidazole rings is 1. The van der Waals surface area contributed by atoms with E-state index in [1.807, 2.05) is 23.1 Å². The molecule has 3 fully saturated rings. The second-order valence-electron chi connectivity index (χ2n) is 18.6. The molecule has 8 heterocycles. The fourth-order valence-corrected chi connectivity index (χ4v) is 11.5. The van der Waals surface area contributed by atoms with E-state index in [4.69, 9.17) is 14.6 Å². The van der Waals surface area contributed by atoms with Crippen molar-refractivity contribution in [3.8, 4) is 22.6 Å². The monoisotopic (exact) mass is 887 g/mol. The van der Waals surface area contributed by atoms with E-state index >= 15 is 8.78 Å². The number of ether oxygens (including phenoxy) is 2. The van der Waals surface area contributed by atoms with Crippen LogP contribution in [0.5, 0.6) is 11.5 Å². The lowest BCUT2D eigenvalue weighted by Crippen LogP contribution is -2.58. The van der Waals surface area contributed by atoms with E-state index in [0.717, 1.165) is 91.2 Å². The fraction of sp³-hybridized carbons (Fsp3) is 0.458. The van der Waals surface area contributed by atoms with Crippen LogP contribution in [0.1, 0.15) is 103 Å². The molecule has 65 heavy (non-hydrogen) atoms. The van der Waals surface area contributed by atoms with Crippen molar-refractivity contribution >= 4 is 46.5 Å². The van der Waals surface area contributed by atoms with Crippen molar-refractivity contribution in [3.63, 3.8) is 0 Å². The average Bonchev–Trinajstić information content (AvgIpc) is 4.01. The van der Waals surface area contributed by atoms with Crippen molar-refractivity contribution in [1.82, 2.24) is 34.3 Å². The number of rotatable bonds is 8. The van der Waals surface area contributed by atoms with Crippen LogP contribution >= 0.6 is 0 Å². The molecular weight excluding hydrogens is 837 g/mol. The van der Waals surface area contributed by atoms with Gasteiger partial charge >= 0.3 is 0 Å². The van der Waals surface area contributed by atoms with Crippen molar-refractivity contribution in [3.05, 3.63) is 82.4 Å². The predicted molar refractivity (Wildman–Crippen MR) is 236 cm³/mol. The lowest BCUT2D eigenvalue weighted by Gasteiger charge is -2.54. The Morgan fingerprint density at radius 2 is 1.71 bits per heavy atom. The molecule has 6 aliphatic rings. The molecule has 1 saturated carbocycles. The Hall–Kier alpha value is -6.52. The van der Waals surface area contributed by atoms with E-state index in [2.05, 4.69) is 24.8 Å². The summed E-state index contributed by atoms with van der Waals surface area (Å²) < 4.78 is 45.9. The molecule has 1 unspecified atom stereocenters. The zero-order valence-electron chi connectivity index (χ0n) is 36.7. The van der Waals surface area contributed by atoms with E-state index in [9.17, 15) is 19.2 Å². The van der Waals surface area contributed by atoms with Gasteiger partial charge in [0.2, 0.25) is 17.7 Å². The van der Waals surface area contributed by atoms with Crippen LogP contribution in [0.3, 0.4) is 0 Å². The number of benzene rings is 2. The number of piperidine rings is 1. The molecule has 1 atom stereocenters. The first kappa shape index (κ1) is 41.2. The van der Waals surface area contributed by atoms with E-state index in [-0.39, 0.29) is 47.7 Å². The molecule has 15 nitrogen and oxygen atoms in total. The number of aromatic nitrogens is 4. The Morgan fingerprint density at radius 3 is 2.45 bits per heavy atom. The molecule has 11 rings (SSSR count). The van der Waals surface area contributed by atoms with Gasteiger partial charge in [-0.1, -0.05) is 0 Å². The number of halogens is 2. The second-order valence-corrected chi connectivity index (χ2v) is 18.6. The summed E-state index contributed by atoms with van der Waals surface area (Å²) in [6.45, 7) is 5.22. The first-order chi connectivity index (χ1) is 31.4. The number of amides is 4. The molecule has 0 radical (unpaired) electrons. The number of hydrogen-bond donors (Lipinski definition) is 1.